The minimum Gasteiger partial charge on any atom is -0.249 e. The van der Waals surface area contributed by atoms with Gasteiger partial charge in [0.15, 0.2) is 0 Å². The summed E-state index contributed by atoms with van der Waals surface area (Å²) in [7, 11) is -3.72. The molecule has 0 bridgehead atoms. The van der Waals surface area contributed by atoms with E-state index in [1.54, 1.807) is 31.2 Å². The van der Waals surface area contributed by atoms with Gasteiger partial charge in [-0.2, -0.15) is 8.42 Å². The van der Waals surface area contributed by atoms with Gasteiger partial charge in [-0.15, -0.1) is 0 Å². The zero-order valence-electron chi connectivity index (χ0n) is 8.12. The lowest BCUT2D eigenvalue weighted by molar-refractivity contribution is 0.348. The fraction of sp³-hybridized carbons (Fsp3) is 0.222. The maximum atomic E-state index is 11.6. The number of rotatable bonds is 1. The first kappa shape index (κ1) is 10.1. The second-order valence-corrected chi connectivity index (χ2v) is 4.50. The highest BCUT2D eigenvalue weighted by Crippen LogP contribution is 2.23. The maximum Gasteiger partial charge on any atom is 0.368 e. The van der Waals surface area contributed by atoms with Crippen molar-refractivity contribution in [2.45, 2.75) is 6.92 Å². The zero-order valence-corrected chi connectivity index (χ0v) is 8.94. The second kappa shape index (κ2) is 3.63. The van der Waals surface area contributed by atoms with Crippen LogP contribution in [0.1, 0.15) is 6.92 Å². The first-order chi connectivity index (χ1) is 7.11. The minimum atomic E-state index is -3.72. The van der Waals surface area contributed by atoms with Crippen LogP contribution in [0.15, 0.2) is 36.2 Å². The van der Waals surface area contributed by atoms with E-state index in [-0.39, 0.29) is 6.61 Å². The average Bonchev–Trinajstić information content (AvgIpc) is 2.17. The van der Waals surface area contributed by atoms with Gasteiger partial charge in [0.1, 0.15) is 5.82 Å². The third-order valence-electron chi connectivity index (χ3n) is 2.00. The number of nitrogens with zero attached hydrogens (tertiary/aromatic N) is 2. The summed E-state index contributed by atoms with van der Waals surface area (Å²) in [4.78, 5) is 3.97. The molecule has 0 radical (unpaired) electrons. The number of allylic oxidation sites excluding steroid dienone is 1. The van der Waals surface area contributed by atoms with Gasteiger partial charge in [0, 0.05) is 11.9 Å². The Labute approximate surface area is 88.3 Å². The Hall–Kier alpha value is -1.40. The Balaban J connectivity index is 2.51. The second-order valence-electron chi connectivity index (χ2n) is 3.04. The van der Waals surface area contributed by atoms with Crippen molar-refractivity contribution in [3.63, 3.8) is 0 Å². The Morgan fingerprint density at radius 2 is 2.27 bits per heavy atom. The van der Waals surface area contributed by atoms with Gasteiger partial charge >= 0.3 is 10.3 Å². The van der Waals surface area contributed by atoms with Crippen molar-refractivity contribution >= 4 is 16.1 Å². The highest BCUT2D eigenvalue weighted by Gasteiger charge is 2.28. The molecule has 5 nitrogen and oxygen atoms in total. The van der Waals surface area contributed by atoms with Crippen LogP contribution in [0.2, 0.25) is 0 Å². The Bertz CT molecular complexity index is 481. The van der Waals surface area contributed by atoms with Crippen molar-refractivity contribution in [1.82, 2.24) is 4.98 Å². The van der Waals surface area contributed by atoms with Crippen LogP contribution in [0, 0.1) is 0 Å². The first-order valence-electron chi connectivity index (χ1n) is 4.39. The van der Waals surface area contributed by atoms with Crippen molar-refractivity contribution in [2.75, 3.05) is 10.9 Å². The highest BCUT2D eigenvalue weighted by molar-refractivity contribution is 7.88. The molecule has 0 spiro atoms. The predicted octanol–water partition coefficient (Wildman–Crippen LogP) is 1.07. The Kier molecular flexibility index (Phi) is 2.45. The Morgan fingerprint density at radius 3 is 2.87 bits per heavy atom. The van der Waals surface area contributed by atoms with Crippen LogP contribution in [0.4, 0.5) is 5.82 Å². The smallest absolute Gasteiger partial charge is 0.249 e. The minimum absolute atomic E-state index is 0.0809. The summed E-state index contributed by atoms with van der Waals surface area (Å²) < 4.78 is 29.0. The molecule has 15 heavy (non-hydrogen) atoms. The van der Waals surface area contributed by atoms with Gasteiger partial charge in [-0.25, -0.2) is 13.5 Å². The van der Waals surface area contributed by atoms with Crippen molar-refractivity contribution in [3.05, 3.63) is 36.2 Å². The molecule has 0 saturated carbocycles. The number of pyridine rings is 1. The van der Waals surface area contributed by atoms with E-state index in [0.717, 1.165) is 4.31 Å². The Morgan fingerprint density at radius 1 is 1.47 bits per heavy atom. The molecule has 0 saturated heterocycles. The monoisotopic (exact) mass is 226 g/mol. The van der Waals surface area contributed by atoms with Gasteiger partial charge in [0.2, 0.25) is 0 Å². The number of anilines is 1. The van der Waals surface area contributed by atoms with Crippen molar-refractivity contribution < 1.29 is 12.6 Å². The summed E-state index contributed by atoms with van der Waals surface area (Å²) in [5.74, 6) is 0.339. The van der Waals surface area contributed by atoms with Crippen molar-refractivity contribution in [1.29, 1.82) is 0 Å². The van der Waals surface area contributed by atoms with Crippen LogP contribution in [0.25, 0.3) is 0 Å². The average molecular weight is 226 g/mol. The van der Waals surface area contributed by atoms with Gasteiger partial charge in [0.25, 0.3) is 0 Å². The van der Waals surface area contributed by atoms with Gasteiger partial charge in [-0.05, 0) is 25.1 Å². The van der Waals surface area contributed by atoms with E-state index in [1.807, 2.05) is 0 Å². The third kappa shape index (κ3) is 1.86. The van der Waals surface area contributed by atoms with E-state index in [4.69, 9.17) is 0 Å². The van der Waals surface area contributed by atoms with E-state index >= 15 is 0 Å². The molecule has 0 atom stereocenters. The summed E-state index contributed by atoms with van der Waals surface area (Å²) in [6.07, 6.45) is 3.22. The molecule has 1 aliphatic rings. The van der Waals surface area contributed by atoms with E-state index in [2.05, 4.69) is 9.17 Å². The third-order valence-corrected chi connectivity index (χ3v) is 3.35. The standard InChI is InChI=1S/C9H10N2O3S/c1-8-5-7-14-15(12,13)11(8)9-4-2-3-6-10-9/h2-6H,7H2,1H3. The fourth-order valence-electron chi connectivity index (χ4n) is 1.32. The molecule has 2 rings (SSSR count). The number of hydrogen-bond donors (Lipinski definition) is 0. The molecule has 0 fully saturated rings. The molecule has 0 aliphatic carbocycles. The highest BCUT2D eigenvalue weighted by atomic mass is 32.2. The van der Waals surface area contributed by atoms with Crippen LogP contribution >= 0.6 is 0 Å². The van der Waals surface area contributed by atoms with E-state index in [0.29, 0.717) is 11.5 Å². The zero-order chi connectivity index (χ0) is 10.9. The van der Waals surface area contributed by atoms with Gasteiger partial charge in [-0.1, -0.05) is 6.07 Å². The van der Waals surface area contributed by atoms with Gasteiger partial charge in [0.05, 0.1) is 6.61 Å². The molecule has 1 aromatic rings. The SMILES string of the molecule is CC1=CCOS(=O)(=O)N1c1ccccn1. The molecular formula is C9H10N2O3S. The molecule has 0 unspecified atom stereocenters. The van der Waals surface area contributed by atoms with Crippen LogP contribution in [-0.2, 0) is 14.5 Å². The normalized spacial score (nSPS) is 19.8. The summed E-state index contributed by atoms with van der Waals surface area (Å²) in [6.45, 7) is 1.78. The molecule has 0 amide bonds. The molecule has 1 aliphatic heterocycles. The molecule has 2 heterocycles. The molecule has 0 N–H and O–H groups in total. The van der Waals surface area contributed by atoms with Crippen LogP contribution in [0.3, 0.4) is 0 Å². The summed E-state index contributed by atoms with van der Waals surface area (Å²) >= 11 is 0. The summed E-state index contributed by atoms with van der Waals surface area (Å²) in [5.41, 5.74) is 0.597. The van der Waals surface area contributed by atoms with E-state index < -0.39 is 10.3 Å². The van der Waals surface area contributed by atoms with Crippen LogP contribution in [-0.4, -0.2) is 20.0 Å². The lowest BCUT2D eigenvalue weighted by atomic mass is 10.4. The first-order valence-corrected chi connectivity index (χ1v) is 5.75. The number of hydrogen-bond acceptors (Lipinski definition) is 4. The lowest BCUT2D eigenvalue weighted by Gasteiger charge is -2.25. The quantitative estimate of drug-likeness (QED) is 0.718. The maximum absolute atomic E-state index is 11.6. The molecular weight excluding hydrogens is 216 g/mol. The van der Waals surface area contributed by atoms with Gasteiger partial charge in [-0.3, -0.25) is 0 Å². The topological polar surface area (TPSA) is 59.5 Å². The lowest BCUT2D eigenvalue weighted by Crippen LogP contribution is -2.34. The molecule has 1 aromatic heterocycles. The van der Waals surface area contributed by atoms with Crippen LogP contribution < -0.4 is 4.31 Å². The van der Waals surface area contributed by atoms with E-state index in [9.17, 15) is 8.42 Å². The van der Waals surface area contributed by atoms with Crippen LogP contribution in [0.5, 0.6) is 0 Å². The van der Waals surface area contributed by atoms with Crippen molar-refractivity contribution in [3.8, 4) is 0 Å². The van der Waals surface area contributed by atoms with Crippen molar-refractivity contribution in [2.24, 2.45) is 0 Å². The number of aromatic nitrogens is 1. The molecule has 80 valence electrons. The molecule has 0 aromatic carbocycles. The fourth-order valence-corrected chi connectivity index (χ4v) is 2.43. The predicted molar refractivity (Wildman–Crippen MR) is 55.3 cm³/mol. The summed E-state index contributed by atoms with van der Waals surface area (Å²) in [6, 6.07) is 5.06. The van der Waals surface area contributed by atoms with Gasteiger partial charge < -0.3 is 0 Å². The van der Waals surface area contributed by atoms with E-state index in [1.165, 1.54) is 6.20 Å². The molecule has 6 heteroatoms. The largest absolute Gasteiger partial charge is 0.368 e. The summed E-state index contributed by atoms with van der Waals surface area (Å²) in [5, 5.41) is 0.